The molecule has 7 heteroatoms. The SMILES string of the molecule is CCNC(=NCc1ccc(C(=O)N(CC)CC)cc1)N1CCC(c2cnn(C)c2)C1. The van der Waals surface area contributed by atoms with E-state index in [1.165, 1.54) is 5.56 Å². The van der Waals surface area contributed by atoms with E-state index in [-0.39, 0.29) is 5.91 Å². The summed E-state index contributed by atoms with van der Waals surface area (Å²) >= 11 is 0. The lowest BCUT2D eigenvalue weighted by molar-refractivity contribution is 0.0773. The monoisotopic (exact) mass is 410 g/mol. The number of carbonyl (C=O) groups excluding carboxylic acids is 1. The highest BCUT2D eigenvalue weighted by Gasteiger charge is 2.26. The average Bonchev–Trinajstić information content (AvgIpc) is 3.41. The lowest BCUT2D eigenvalue weighted by Crippen LogP contribution is -2.40. The summed E-state index contributed by atoms with van der Waals surface area (Å²) in [7, 11) is 1.96. The van der Waals surface area contributed by atoms with Crippen LogP contribution in [0, 0.1) is 0 Å². The normalized spacial score (nSPS) is 16.7. The molecule has 0 aliphatic carbocycles. The van der Waals surface area contributed by atoms with Gasteiger partial charge in [0.25, 0.3) is 5.91 Å². The number of nitrogens with zero attached hydrogens (tertiary/aromatic N) is 5. The number of hydrogen-bond acceptors (Lipinski definition) is 3. The standard InChI is InChI=1S/C23H34N6O/c1-5-24-23(29-13-12-20(17-29)21-15-26-27(4)16-21)25-14-18-8-10-19(11-9-18)22(30)28(6-2)7-3/h8-11,15-16,20H,5-7,12-14,17H2,1-4H3,(H,24,25). The Kier molecular flexibility index (Phi) is 7.49. The molecule has 2 heterocycles. The summed E-state index contributed by atoms with van der Waals surface area (Å²) in [6.45, 7) is 10.9. The van der Waals surface area contributed by atoms with Gasteiger partial charge >= 0.3 is 0 Å². The summed E-state index contributed by atoms with van der Waals surface area (Å²) in [5.41, 5.74) is 3.13. The molecule has 1 unspecified atom stereocenters. The predicted octanol–water partition coefficient (Wildman–Crippen LogP) is 2.86. The maximum Gasteiger partial charge on any atom is 0.253 e. The lowest BCUT2D eigenvalue weighted by atomic mass is 10.0. The van der Waals surface area contributed by atoms with Gasteiger partial charge in [-0.1, -0.05) is 12.1 Å². The number of aliphatic imine (C=N–C) groups is 1. The number of aromatic nitrogens is 2. The number of guanidine groups is 1. The van der Waals surface area contributed by atoms with Gasteiger partial charge in [-0.05, 0) is 50.5 Å². The molecular weight excluding hydrogens is 376 g/mol. The number of aryl methyl sites for hydroxylation is 1. The zero-order valence-electron chi connectivity index (χ0n) is 18.6. The number of likely N-dealkylation sites (tertiary alicyclic amines) is 1. The van der Waals surface area contributed by atoms with Crippen LogP contribution in [0.25, 0.3) is 0 Å². The highest BCUT2D eigenvalue weighted by Crippen LogP contribution is 2.26. The zero-order chi connectivity index (χ0) is 21.5. The number of nitrogens with one attached hydrogen (secondary N) is 1. The molecule has 3 rings (SSSR count). The second-order valence-electron chi connectivity index (χ2n) is 7.72. The summed E-state index contributed by atoms with van der Waals surface area (Å²) in [5, 5.41) is 7.74. The van der Waals surface area contributed by atoms with Crippen LogP contribution in [-0.2, 0) is 13.6 Å². The second-order valence-corrected chi connectivity index (χ2v) is 7.72. The van der Waals surface area contributed by atoms with Crippen LogP contribution in [0.4, 0.5) is 0 Å². The van der Waals surface area contributed by atoms with E-state index in [0.29, 0.717) is 12.5 Å². The van der Waals surface area contributed by atoms with E-state index in [0.717, 1.165) is 56.2 Å². The van der Waals surface area contributed by atoms with E-state index in [2.05, 4.69) is 28.4 Å². The Labute approximate surface area is 179 Å². The van der Waals surface area contributed by atoms with Crippen molar-refractivity contribution in [1.82, 2.24) is 24.9 Å². The van der Waals surface area contributed by atoms with Gasteiger partial charge in [-0.15, -0.1) is 0 Å². The molecule has 162 valence electrons. The fourth-order valence-corrected chi connectivity index (χ4v) is 3.91. The van der Waals surface area contributed by atoms with Crippen LogP contribution in [0.1, 0.15) is 54.6 Å². The number of benzene rings is 1. The van der Waals surface area contributed by atoms with Crippen LogP contribution < -0.4 is 5.32 Å². The van der Waals surface area contributed by atoms with E-state index in [4.69, 9.17) is 4.99 Å². The summed E-state index contributed by atoms with van der Waals surface area (Å²) < 4.78 is 1.87. The first kappa shape index (κ1) is 21.9. The molecule has 30 heavy (non-hydrogen) atoms. The fraction of sp³-hybridized carbons (Fsp3) is 0.522. The molecule has 1 aromatic heterocycles. The van der Waals surface area contributed by atoms with Crippen LogP contribution in [0.2, 0.25) is 0 Å². The van der Waals surface area contributed by atoms with Crippen LogP contribution in [-0.4, -0.2) is 64.2 Å². The minimum atomic E-state index is 0.0851. The molecule has 1 saturated heterocycles. The van der Waals surface area contributed by atoms with Crippen LogP contribution >= 0.6 is 0 Å². The first-order chi connectivity index (χ1) is 14.5. The van der Waals surface area contributed by atoms with Crippen LogP contribution in [0.15, 0.2) is 41.7 Å². The molecule has 0 bridgehead atoms. The van der Waals surface area contributed by atoms with Crippen LogP contribution in [0.5, 0.6) is 0 Å². The fourth-order valence-electron chi connectivity index (χ4n) is 3.91. The van der Waals surface area contributed by atoms with Crippen molar-refractivity contribution in [1.29, 1.82) is 0 Å². The van der Waals surface area contributed by atoms with Crippen molar-refractivity contribution in [2.75, 3.05) is 32.7 Å². The molecule has 1 atom stereocenters. The Morgan fingerprint density at radius 2 is 1.97 bits per heavy atom. The van der Waals surface area contributed by atoms with Gasteiger partial charge in [0.05, 0.1) is 12.7 Å². The van der Waals surface area contributed by atoms with Gasteiger partial charge < -0.3 is 15.1 Å². The maximum absolute atomic E-state index is 12.5. The van der Waals surface area contributed by atoms with Crippen molar-refractivity contribution in [2.24, 2.45) is 12.0 Å². The quantitative estimate of drug-likeness (QED) is 0.563. The maximum atomic E-state index is 12.5. The summed E-state index contributed by atoms with van der Waals surface area (Å²) in [4.78, 5) is 21.5. The molecule has 1 aliphatic heterocycles. The van der Waals surface area contributed by atoms with Crippen molar-refractivity contribution < 1.29 is 4.79 Å². The lowest BCUT2D eigenvalue weighted by Gasteiger charge is -2.21. The van der Waals surface area contributed by atoms with Crippen molar-refractivity contribution in [3.05, 3.63) is 53.3 Å². The smallest absolute Gasteiger partial charge is 0.253 e. The third kappa shape index (κ3) is 5.20. The molecule has 1 aromatic carbocycles. The van der Waals surface area contributed by atoms with E-state index in [9.17, 15) is 4.79 Å². The molecule has 2 aromatic rings. The number of carbonyl (C=O) groups is 1. The Morgan fingerprint density at radius 3 is 2.57 bits per heavy atom. The number of rotatable bonds is 7. The summed E-state index contributed by atoms with van der Waals surface area (Å²) in [6, 6.07) is 7.83. The Bertz CT molecular complexity index is 853. The van der Waals surface area contributed by atoms with E-state index in [1.54, 1.807) is 0 Å². The van der Waals surface area contributed by atoms with Gasteiger partial charge in [0.2, 0.25) is 0 Å². The molecule has 0 spiro atoms. The molecule has 1 aliphatic rings. The van der Waals surface area contributed by atoms with Gasteiger partial charge in [-0.2, -0.15) is 5.10 Å². The van der Waals surface area contributed by atoms with Crippen molar-refractivity contribution in [3.8, 4) is 0 Å². The van der Waals surface area contributed by atoms with E-state index in [1.807, 2.05) is 60.9 Å². The number of amides is 1. The van der Waals surface area contributed by atoms with Gasteiger partial charge in [-0.3, -0.25) is 9.48 Å². The zero-order valence-corrected chi connectivity index (χ0v) is 18.6. The van der Waals surface area contributed by atoms with Gasteiger partial charge in [0.15, 0.2) is 5.96 Å². The highest BCUT2D eigenvalue weighted by atomic mass is 16.2. The Balaban J connectivity index is 1.64. The highest BCUT2D eigenvalue weighted by molar-refractivity contribution is 5.94. The van der Waals surface area contributed by atoms with Crippen molar-refractivity contribution in [2.45, 2.75) is 39.7 Å². The third-order valence-electron chi connectivity index (χ3n) is 5.68. The first-order valence-electron chi connectivity index (χ1n) is 11.0. The summed E-state index contributed by atoms with van der Waals surface area (Å²) in [6.07, 6.45) is 5.19. The molecular formula is C23H34N6O. The molecule has 1 amide bonds. The van der Waals surface area contributed by atoms with E-state index >= 15 is 0 Å². The predicted molar refractivity (Wildman–Crippen MR) is 121 cm³/mol. The van der Waals surface area contributed by atoms with Crippen molar-refractivity contribution in [3.63, 3.8) is 0 Å². The largest absolute Gasteiger partial charge is 0.357 e. The van der Waals surface area contributed by atoms with E-state index < -0.39 is 0 Å². The average molecular weight is 411 g/mol. The first-order valence-corrected chi connectivity index (χ1v) is 11.0. The number of hydrogen-bond donors (Lipinski definition) is 1. The molecule has 1 fully saturated rings. The van der Waals surface area contributed by atoms with Crippen molar-refractivity contribution >= 4 is 11.9 Å². The third-order valence-corrected chi connectivity index (χ3v) is 5.68. The molecule has 0 radical (unpaired) electrons. The van der Waals surface area contributed by atoms with Crippen LogP contribution in [0.3, 0.4) is 0 Å². The Hall–Kier alpha value is -2.83. The molecule has 1 N–H and O–H groups in total. The summed E-state index contributed by atoms with van der Waals surface area (Å²) in [5.74, 6) is 1.53. The minimum Gasteiger partial charge on any atom is -0.357 e. The van der Waals surface area contributed by atoms with Gasteiger partial charge in [0, 0.05) is 57.4 Å². The van der Waals surface area contributed by atoms with Gasteiger partial charge in [-0.25, -0.2) is 4.99 Å². The Morgan fingerprint density at radius 1 is 1.23 bits per heavy atom. The second kappa shape index (κ2) is 10.3. The topological polar surface area (TPSA) is 65.8 Å². The molecule has 0 saturated carbocycles. The van der Waals surface area contributed by atoms with Gasteiger partial charge in [0.1, 0.15) is 0 Å². The molecule has 7 nitrogen and oxygen atoms in total. The minimum absolute atomic E-state index is 0.0851.